The van der Waals surface area contributed by atoms with Gasteiger partial charge in [-0.25, -0.2) is 14.4 Å². The monoisotopic (exact) mass is 576 g/mol. The smallest absolute Gasteiger partial charge is 0.325 e. The van der Waals surface area contributed by atoms with Gasteiger partial charge in [-0.2, -0.15) is 10.1 Å². The number of nitrogens with one attached hydrogen (secondary N) is 2. The van der Waals surface area contributed by atoms with Crippen molar-refractivity contribution < 1.29 is 23.5 Å². The van der Waals surface area contributed by atoms with Crippen molar-refractivity contribution in [3.8, 4) is 11.5 Å². The second-order valence-electron chi connectivity index (χ2n) is 9.74. The molecular formula is C27H22ClFN8O4. The number of benzene rings is 2. The van der Waals surface area contributed by atoms with Crippen LogP contribution in [0.25, 0.3) is 22.4 Å². The summed E-state index contributed by atoms with van der Waals surface area (Å²) in [5.41, 5.74) is 6.59. The first-order valence-electron chi connectivity index (χ1n) is 12.4. The average molecular weight is 577 g/mol. The van der Waals surface area contributed by atoms with E-state index in [-0.39, 0.29) is 47.1 Å². The van der Waals surface area contributed by atoms with Crippen molar-refractivity contribution in [1.29, 1.82) is 0 Å². The molecule has 5 aromatic rings. The molecule has 14 heteroatoms. The van der Waals surface area contributed by atoms with E-state index >= 15 is 0 Å². The number of carbonyl (C=O) groups is 2. The molecule has 2 atom stereocenters. The minimum Gasteiger partial charge on any atom is -0.480 e. The fraction of sp³-hybridized carbons (Fsp3) is 0.185. The molecule has 1 amide bonds. The van der Waals surface area contributed by atoms with Crippen molar-refractivity contribution in [2.75, 3.05) is 16.4 Å². The highest BCUT2D eigenvalue weighted by Gasteiger charge is 2.51. The molecule has 1 unspecified atom stereocenters. The fourth-order valence-corrected chi connectivity index (χ4v) is 4.96. The van der Waals surface area contributed by atoms with Gasteiger partial charge in [0.05, 0.1) is 17.6 Å². The summed E-state index contributed by atoms with van der Waals surface area (Å²) in [6, 6.07) is 10.6. The number of anilines is 3. The van der Waals surface area contributed by atoms with Crippen molar-refractivity contribution in [3.05, 3.63) is 76.6 Å². The number of nitrogens with two attached hydrogens (primary N) is 1. The van der Waals surface area contributed by atoms with Gasteiger partial charge in [-0.15, -0.1) is 0 Å². The first-order chi connectivity index (χ1) is 19.6. The highest BCUT2D eigenvalue weighted by Crippen LogP contribution is 2.45. The molecule has 0 aliphatic carbocycles. The molecule has 0 saturated heterocycles. The van der Waals surface area contributed by atoms with Gasteiger partial charge in [0.25, 0.3) is 0 Å². The number of amides is 1. The quantitative estimate of drug-likeness (QED) is 0.221. The largest absolute Gasteiger partial charge is 0.480 e. The van der Waals surface area contributed by atoms with E-state index in [1.807, 2.05) is 0 Å². The van der Waals surface area contributed by atoms with Crippen LogP contribution in [0.2, 0.25) is 5.02 Å². The van der Waals surface area contributed by atoms with E-state index in [9.17, 15) is 14.0 Å². The lowest BCUT2D eigenvalue weighted by Gasteiger charge is -2.18. The topological polar surface area (TPSA) is 174 Å². The average Bonchev–Trinajstić information content (AvgIpc) is 3.61. The molecule has 0 bridgehead atoms. The zero-order valence-corrected chi connectivity index (χ0v) is 22.4. The Morgan fingerprint density at radius 1 is 1.27 bits per heavy atom. The summed E-state index contributed by atoms with van der Waals surface area (Å²) in [6.45, 7) is 3.13. The summed E-state index contributed by atoms with van der Waals surface area (Å²) in [6.07, 6.45) is 1.22. The Hall–Kier alpha value is -5.04. The number of halogens is 2. The van der Waals surface area contributed by atoms with Crippen LogP contribution >= 0.6 is 11.6 Å². The van der Waals surface area contributed by atoms with Crippen LogP contribution in [0, 0.1) is 5.82 Å². The van der Waals surface area contributed by atoms with Gasteiger partial charge in [-0.05, 0) is 38.1 Å². The first-order valence-corrected chi connectivity index (χ1v) is 12.8. The third-order valence-corrected chi connectivity index (χ3v) is 7.23. The number of fused-ring (bicyclic) bond motifs is 2. The molecule has 5 N–H and O–H groups in total. The van der Waals surface area contributed by atoms with Crippen LogP contribution in [-0.4, -0.2) is 47.8 Å². The van der Waals surface area contributed by atoms with Gasteiger partial charge in [-0.1, -0.05) is 29.8 Å². The molecule has 12 nitrogen and oxygen atoms in total. The maximum absolute atomic E-state index is 14.4. The SMILES string of the molecule is C[C@@H](Nc1coc(C2(C)C(=O)Nc3nc(-c4nn(Cc5ccccc5F)c5cc(Cl)ccc45)nc(N)c32)n1)C(=O)O. The summed E-state index contributed by atoms with van der Waals surface area (Å²) < 4.78 is 21.6. The van der Waals surface area contributed by atoms with E-state index in [2.05, 4.69) is 30.7 Å². The molecule has 2 aromatic carbocycles. The molecule has 0 spiro atoms. The number of carboxylic acids is 1. The van der Waals surface area contributed by atoms with Gasteiger partial charge < -0.3 is 25.9 Å². The molecular weight excluding hydrogens is 555 g/mol. The number of aliphatic carboxylic acids is 1. The van der Waals surface area contributed by atoms with E-state index in [4.69, 9.17) is 26.9 Å². The van der Waals surface area contributed by atoms with Crippen LogP contribution in [0.3, 0.4) is 0 Å². The lowest BCUT2D eigenvalue weighted by Crippen LogP contribution is -2.33. The summed E-state index contributed by atoms with van der Waals surface area (Å²) in [5, 5.41) is 20.4. The molecule has 3 aromatic heterocycles. The molecule has 0 radical (unpaired) electrons. The lowest BCUT2D eigenvalue weighted by atomic mass is 9.84. The Morgan fingerprint density at radius 2 is 2.05 bits per heavy atom. The second-order valence-corrected chi connectivity index (χ2v) is 10.2. The molecule has 4 heterocycles. The third-order valence-electron chi connectivity index (χ3n) is 6.99. The first kappa shape index (κ1) is 26.2. The van der Waals surface area contributed by atoms with Crippen LogP contribution < -0.4 is 16.4 Å². The maximum atomic E-state index is 14.4. The molecule has 1 aliphatic heterocycles. The zero-order chi connectivity index (χ0) is 29.1. The summed E-state index contributed by atoms with van der Waals surface area (Å²) in [5.74, 6) is -1.57. The summed E-state index contributed by atoms with van der Waals surface area (Å²) in [4.78, 5) is 37.8. The molecule has 6 rings (SSSR count). The molecule has 208 valence electrons. The van der Waals surface area contributed by atoms with Crippen molar-refractivity contribution in [1.82, 2.24) is 24.7 Å². The van der Waals surface area contributed by atoms with Gasteiger partial charge in [0.15, 0.2) is 17.1 Å². The third kappa shape index (κ3) is 4.30. The van der Waals surface area contributed by atoms with E-state index in [0.717, 1.165) is 0 Å². The van der Waals surface area contributed by atoms with E-state index in [1.165, 1.54) is 19.3 Å². The van der Waals surface area contributed by atoms with Crippen molar-refractivity contribution in [2.24, 2.45) is 0 Å². The molecule has 0 fully saturated rings. The van der Waals surface area contributed by atoms with Crippen LogP contribution in [0.1, 0.15) is 30.9 Å². The van der Waals surface area contributed by atoms with Gasteiger partial charge in [0.2, 0.25) is 11.8 Å². The number of carbonyl (C=O) groups excluding carboxylic acids is 1. The number of hydrogen-bond donors (Lipinski definition) is 4. The van der Waals surface area contributed by atoms with Gasteiger partial charge in [0.1, 0.15) is 35.5 Å². The number of nitrogen functional groups attached to an aromatic ring is 1. The minimum atomic E-state index is -1.50. The van der Waals surface area contributed by atoms with Crippen LogP contribution in [0.4, 0.5) is 21.8 Å². The second kappa shape index (κ2) is 9.55. The highest BCUT2D eigenvalue weighted by molar-refractivity contribution is 6.31. The Kier molecular flexibility index (Phi) is 6.10. The summed E-state index contributed by atoms with van der Waals surface area (Å²) in [7, 11) is 0. The molecule has 0 saturated carbocycles. The van der Waals surface area contributed by atoms with Gasteiger partial charge >= 0.3 is 5.97 Å². The maximum Gasteiger partial charge on any atom is 0.325 e. The van der Waals surface area contributed by atoms with E-state index < -0.39 is 23.3 Å². The molecule has 1 aliphatic rings. The Morgan fingerprint density at radius 3 is 2.80 bits per heavy atom. The van der Waals surface area contributed by atoms with Crippen molar-refractivity contribution in [3.63, 3.8) is 0 Å². The van der Waals surface area contributed by atoms with Gasteiger partial charge in [-0.3, -0.25) is 14.3 Å². The fourth-order valence-electron chi connectivity index (χ4n) is 4.79. The van der Waals surface area contributed by atoms with E-state index in [0.29, 0.717) is 27.2 Å². The normalized spacial score (nSPS) is 16.9. The Bertz CT molecular complexity index is 1870. The van der Waals surface area contributed by atoms with Gasteiger partial charge in [0, 0.05) is 16.0 Å². The predicted molar refractivity (Wildman–Crippen MR) is 148 cm³/mol. The van der Waals surface area contributed by atoms with Crippen LogP contribution in [-0.2, 0) is 21.5 Å². The zero-order valence-electron chi connectivity index (χ0n) is 21.6. The lowest BCUT2D eigenvalue weighted by molar-refractivity contribution is -0.137. The predicted octanol–water partition coefficient (Wildman–Crippen LogP) is 4.05. The standard InChI is InChI=1S/C27H22ClFN8O4/c1-12(24(38)39)31-18-11-41-26(32-18)27(2)19-21(30)33-23(34-22(19)35-25(27)40)20-15-8-7-14(28)9-17(15)37(36-20)10-13-5-3-4-6-16(13)29/h3-9,11-12,31H,10H2,1-2H3,(H,38,39)(H3,30,33,34,35,40)/t12-,27?/m1/s1. The number of hydrogen-bond acceptors (Lipinski definition) is 9. The van der Waals surface area contributed by atoms with Crippen molar-refractivity contribution in [2.45, 2.75) is 31.8 Å². The number of nitrogens with zero attached hydrogens (tertiary/aromatic N) is 5. The van der Waals surface area contributed by atoms with Crippen molar-refractivity contribution >= 4 is 51.8 Å². The Balaban J connectivity index is 1.42. The number of oxazole rings is 1. The van der Waals surface area contributed by atoms with E-state index in [1.54, 1.807) is 48.0 Å². The number of carboxylic acid groups (broad SMARTS) is 1. The number of rotatable bonds is 7. The minimum absolute atomic E-state index is 0.0109. The highest BCUT2D eigenvalue weighted by atomic mass is 35.5. The number of aromatic nitrogens is 5. The Labute approximate surface area is 236 Å². The van der Waals surface area contributed by atoms with Crippen LogP contribution in [0.5, 0.6) is 0 Å². The summed E-state index contributed by atoms with van der Waals surface area (Å²) >= 11 is 6.27. The van der Waals surface area contributed by atoms with Crippen LogP contribution in [0.15, 0.2) is 53.1 Å². The molecule has 41 heavy (non-hydrogen) atoms.